The topological polar surface area (TPSA) is 80.8 Å². The van der Waals surface area contributed by atoms with E-state index in [1.807, 2.05) is 0 Å². The first-order chi connectivity index (χ1) is 12.8. The molecule has 2 aromatic rings. The van der Waals surface area contributed by atoms with Crippen LogP contribution in [0.4, 0.5) is 9.93 Å². The molecule has 0 saturated carbocycles. The Bertz CT molecular complexity index is 851. The summed E-state index contributed by atoms with van der Waals surface area (Å²) in [6.45, 7) is 4.47. The van der Waals surface area contributed by atoms with Crippen molar-refractivity contribution in [1.82, 2.24) is 9.88 Å². The number of hydrogen-bond acceptors (Lipinski definition) is 6. The fourth-order valence-corrected chi connectivity index (χ4v) is 3.92. The number of anilines is 1. The maximum absolute atomic E-state index is 13.0. The highest BCUT2D eigenvalue weighted by Crippen LogP contribution is 2.30. The Kier molecular flexibility index (Phi) is 5.57. The van der Waals surface area contributed by atoms with Crippen molar-refractivity contribution in [2.24, 2.45) is 0 Å². The monoisotopic (exact) mass is 409 g/mol. The number of hydrogen-bond donors (Lipinski definition) is 1. The summed E-state index contributed by atoms with van der Waals surface area (Å²) in [7, 11) is 1.30. The van der Waals surface area contributed by atoms with E-state index in [1.165, 1.54) is 18.4 Å². The molecule has 27 heavy (non-hydrogen) atoms. The van der Waals surface area contributed by atoms with Crippen LogP contribution in [-0.2, 0) is 22.5 Å². The van der Waals surface area contributed by atoms with Crippen molar-refractivity contribution in [2.45, 2.75) is 32.4 Å². The number of nitrogens with one attached hydrogen (secondary N) is 1. The maximum Gasteiger partial charge on any atom is 0.413 e. The van der Waals surface area contributed by atoms with E-state index in [2.05, 4.69) is 15.0 Å². The molecule has 1 aliphatic rings. The van der Waals surface area contributed by atoms with Gasteiger partial charge in [-0.3, -0.25) is 10.1 Å². The molecule has 0 spiro atoms. The molecule has 1 aromatic heterocycles. The first-order valence-corrected chi connectivity index (χ1v) is 9.55. The molecule has 1 N–H and O–H groups in total. The first-order valence-electron chi connectivity index (χ1n) is 8.36. The molecule has 9 heteroatoms. The predicted octanol–water partition coefficient (Wildman–Crippen LogP) is 3.72. The summed E-state index contributed by atoms with van der Waals surface area (Å²) in [4.78, 5) is 31.4. The van der Waals surface area contributed by atoms with E-state index in [4.69, 9.17) is 16.3 Å². The fraction of sp³-hybridized carbons (Fsp3) is 0.389. The molecular weight excluding hydrogens is 390 g/mol. The molecule has 1 aromatic carbocycles. The number of carbonyl (C=O) groups is 2. The lowest BCUT2D eigenvalue weighted by Gasteiger charge is -2.34. The molecule has 2 amide bonds. The summed E-state index contributed by atoms with van der Waals surface area (Å²) in [5.74, 6) is 0.469. The number of fused-ring (bicyclic) bond motifs is 1. The molecule has 1 aliphatic heterocycles. The van der Waals surface area contributed by atoms with Crippen LogP contribution in [-0.4, -0.2) is 41.1 Å². The second kappa shape index (κ2) is 7.74. The van der Waals surface area contributed by atoms with Crippen molar-refractivity contribution in [3.8, 4) is 5.75 Å². The van der Waals surface area contributed by atoms with Gasteiger partial charge in [0.05, 0.1) is 19.3 Å². The SMILES string of the molecule is COC(=O)Nc1nc2c(s1)CN(C(=O)C(C)(C)Oc1ccc(Cl)cc1)CC2. The number of halogens is 1. The molecule has 0 atom stereocenters. The van der Waals surface area contributed by atoms with Gasteiger partial charge in [-0.05, 0) is 38.1 Å². The van der Waals surface area contributed by atoms with E-state index >= 15 is 0 Å². The Morgan fingerprint density at radius 1 is 1.30 bits per heavy atom. The summed E-state index contributed by atoms with van der Waals surface area (Å²) < 4.78 is 10.5. The zero-order valence-corrected chi connectivity index (χ0v) is 16.8. The standard InChI is InChI=1S/C18H20ClN3O4S/c1-18(2,26-12-6-4-11(19)5-7-12)15(23)22-9-8-13-14(10-22)27-16(20-13)21-17(24)25-3/h4-7H,8-10H2,1-3H3,(H,20,21,24). The summed E-state index contributed by atoms with van der Waals surface area (Å²) in [6, 6.07) is 6.91. The Hall–Kier alpha value is -2.32. The molecule has 7 nitrogen and oxygen atoms in total. The highest BCUT2D eigenvalue weighted by Gasteiger charge is 2.36. The Morgan fingerprint density at radius 3 is 2.67 bits per heavy atom. The smallest absolute Gasteiger partial charge is 0.413 e. The first kappa shape index (κ1) is 19.4. The minimum absolute atomic E-state index is 0.112. The number of carbonyl (C=O) groups excluding carboxylic acids is 2. The van der Waals surface area contributed by atoms with Crippen LogP contribution in [0.3, 0.4) is 0 Å². The van der Waals surface area contributed by atoms with Crippen molar-refractivity contribution in [3.05, 3.63) is 39.9 Å². The molecule has 0 saturated heterocycles. The number of benzene rings is 1. The summed E-state index contributed by atoms with van der Waals surface area (Å²) in [6.07, 6.45) is 0.0591. The number of nitrogens with zero attached hydrogens (tertiary/aromatic N) is 2. The number of aromatic nitrogens is 1. The zero-order valence-electron chi connectivity index (χ0n) is 15.2. The molecule has 0 unspecified atom stereocenters. The largest absolute Gasteiger partial charge is 0.478 e. The average Bonchev–Trinajstić information content (AvgIpc) is 3.03. The van der Waals surface area contributed by atoms with E-state index < -0.39 is 11.7 Å². The van der Waals surface area contributed by atoms with Gasteiger partial charge in [-0.15, -0.1) is 0 Å². The van der Waals surface area contributed by atoms with E-state index in [9.17, 15) is 9.59 Å². The second-order valence-electron chi connectivity index (χ2n) is 6.55. The summed E-state index contributed by atoms with van der Waals surface area (Å²) >= 11 is 7.23. The van der Waals surface area contributed by atoms with Crippen LogP contribution in [0.2, 0.25) is 5.02 Å². The average molecular weight is 410 g/mol. The molecular formula is C18H20ClN3O4S. The zero-order chi connectivity index (χ0) is 19.6. The third-order valence-corrected chi connectivity index (χ3v) is 5.36. The van der Waals surface area contributed by atoms with Gasteiger partial charge in [-0.1, -0.05) is 22.9 Å². The van der Waals surface area contributed by atoms with E-state index in [1.54, 1.807) is 43.0 Å². The highest BCUT2D eigenvalue weighted by molar-refractivity contribution is 7.15. The van der Waals surface area contributed by atoms with Gasteiger partial charge in [0.15, 0.2) is 10.7 Å². The number of amides is 2. The fourth-order valence-electron chi connectivity index (χ4n) is 2.78. The van der Waals surface area contributed by atoms with Gasteiger partial charge in [0.1, 0.15) is 5.75 Å². The van der Waals surface area contributed by atoms with Crippen molar-refractivity contribution in [1.29, 1.82) is 0 Å². The van der Waals surface area contributed by atoms with Gasteiger partial charge in [-0.25, -0.2) is 9.78 Å². The molecule has 3 rings (SSSR count). The van der Waals surface area contributed by atoms with Crippen LogP contribution in [0.25, 0.3) is 0 Å². The van der Waals surface area contributed by atoms with Crippen LogP contribution >= 0.6 is 22.9 Å². The van der Waals surface area contributed by atoms with Gasteiger partial charge >= 0.3 is 6.09 Å². The van der Waals surface area contributed by atoms with Gasteiger partial charge in [-0.2, -0.15) is 0 Å². The number of rotatable bonds is 4. The lowest BCUT2D eigenvalue weighted by molar-refractivity contribution is -0.146. The third kappa shape index (κ3) is 4.51. The van der Waals surface area contributed by atoms with E-state index in [-0.39, 0.29) is 5.91 Å². The van der Waals surface area contributed by atoms with Crippen molar-refractivity contribution in [3.63, 3.8) is 0 Å². The molecule has 0 bridgehead atoms. The van der Waals surface area contributed by atoms with Crippen LogP contribution in [0.15, 0.2) is 24.3 Å². The Balaban J connectivity index is 1.69. The molecule has 2 heterocycles. The van der Waals surface area contributed by atoms with Gasteiger partial charge in [0, 0.05) is 22.9 Å². The molecule has 0 fully saturated rings. The van der Waals surface area contributed by atoms with E-state index in [0.717, 1.165) is 10.6 Å². The summed E-state index contributed by atoms with van der Waals surface area (Å²) in [5, 5.41) is 3.65. The number of ether oxygens (including phenoxy) is 2. The lowest BCUT2D eigenvalue weighted by Crippen LogP contribution is -2.50. The summed E-state index contributed by atoms with van der Waals surface area (Å²) in [5.41, 5.74) is -0.129. The van der Waals surface area contributed by atoms with Crippen molar-refractivity contribution >= 4 is 40.1 Å². The van der Waals surface area contributed by atoms with Crippen LogP contribution in [0.5, 0.6) is 5.75 Å². The molecule has 0 radical (unpaired) electrons. The van der Waals surface area contributed by atoms with Crippen LogP contribution in [0.1, 0.15) is 24.4 Å². The van der Waals surface area contributed by atoms with E-state index in [0.29, 0.717) is 35.4 Å². The van der Waals surface area contributed by atoms with Crippen LogP contribution in [0, 0.1) is 0 Å². The minimum Gasteiger partial charge on any atom is -0.478 e. The van der Waals surface area contributed by atoms with Gasteiger partial charge in [0.25, 0.3) is 5.91 Å². The molecule has 144 valence electrons. The Labute approximate surface area is 166 Å². The second-order valence-corrected chi connectivity index (χ2v) is 8.07. The quantitative estimate of drug-likeness (QED) is 0.832. The normalized spacial score (nSPS) is 13.7. The molecule has 0 aliphatic carbocycles. The number of methoxy groups -OCH3 is 1. The van der Waals surface area contributed by atoms with Gasteiger partial charge < -0.3 is 14.4 Å². The number of thiazole rings is 1. The van der Waals surface area contributed by atoms with Crippen LogP contribution < -0.4 is 10.1 Å². The Morgan fingerprint density at radius 2 is 2.00 bits per heavy atom. The van der Waals surface area contributed by atoms with Crippen molar-refractivity contribution < 1.29 is 19.1 Å². The highest BCUT2D eigenvalue weighted by atomic mass is 35.5. The maximum atomic E-state index is 13.0. The third-order valence-electron chi connectivity index (χ3n) is 4.11. The van der Waals surface area contributed by atoms with Crippen molar-refractivity contribution in [2.75, 3.05) is 19.0 Å². The minimum atomic E-state index is -1.02. The predicted molar refractivity (Wildman–Crippen MR) is 103 cm³/mol. The lowest BCUT2D eigenvalue weighted by atomic mass is 10.1. The van der Waals surface area contributed by atoms with Gasteiger partial charge in [0.2, 0.25) is 0 Å².